The number of allylic oxidation sites excluding steroid dienone is 1. The summed E-state index contributed by atoms with van der Waals surface area (Å²) < 4.78 is 10.2. The second-order valence-electron chi connectivity index (χ2n) is 9.49. The van der Waals surface area contributed by atoms with Crippen LogP contribution in [0.2, 0.25) is 0 Å². The zero-order chi connectivity index (χ0) is 27.0. The van der Waals surface area contributed by atoms with E-state index in [9.17, 15) is 9.59 Å². The standard InChI is InChI=1S/C20H35N3O3.C7H6O2.C2H2/c1-3-4-9-21(11-6-13-24)20(26)16-23-15-17(2)14-18(23)8-12-22-10-5-7-19(22)25;1-2-4-7-6(3-1)8-5-9-7;1-2/h8,17,24H,3-7,9-16H2,1-2H3;1-4H,5H2;1-2H/b18-8+;;. The summed E-state index contributed by atoms with van der Waals surface area (Å²) in [6, 6.07) is 7.63. The normalized spacial score (nSPS) is 18.8. The Morgan fingerprint density at radius 2 is 1.84 bits per heavy atom. The van der Waals surface area contributed by atoms with Crippen LogP contribution >= 0.6 is 0 Å². The van der Waals surface area contributed by atoms with E-state index < -0.39 is 0 Å². The van der Waals surface area contributed by atoms with Crippen LogP contribution in [0.25, 0.3) is 0 Å². The number of hydrogen-bond donors (Lipinski definition) is 1. The van der Waals surface area contributed by atoms with Gasteiger partial charge in [-0.1, -0.05) is 32.4 Å². The number of para-hydroxylation sites is 2. The Labute approximate surface area is 222 Å². The number of carbonyl (C=O) groups excluding carboxylic acids is 2. The molecule has 1 atom stereocenters. The van der Waals surface area contributed by atoms with Crippen molar-refractivity contribution in [2.45, 2.75) is 52.4 Å². The van der Waals surface area contributed by atoms with Gasteiger partial charge in [0.05, 0.1) is 6.54 Å². The lowest BCUT2D eigenvalue weighted by Crippen LogP contribution is -2.40. The van der Waals surface area contributed by atoms with Crippen LogP contribution in [0.5, 0.6) is 11.5 Å². The molecule has 0 saturated carbocycles. The molecule has 1 unspecified atom stereocenters. The smallest absolute Gasteiger partial charge is 0.242 e. The van der Waals surface area contributed by atoms with Gasteiger partial charge in [-0.2, -0.15) is 0 Å². The molecule has 37 heavy (non-hydrogen) atoms. The molecule has 2 fully saturated rings. The minimum atomic E-state index is 0.117. The Balaban J connectivity index is 0.000000360. The van der Waals surface area contributed by atoms with Crippen LogP contribution in [-0.2, 0) is 9.59 Å². The molecule has 2 saturated heterocycles. The van der Waals surface area contributed by atoms with E-state index >= 15 is 0 Å². The van der Waals surface area contributed by atoms with Gasteiger partial charge < -0.3 is 29.3 Å². The lowest BCUT2D eigenvalue weighted by Gasteiger charge is -2.27. The van der Waals surface area contributed by atoms with Crippen molar-refractivity contribution >= 4 is 11.8 Å². The van der Waals surface area contributed by atoms with Gasteiger partial charge in [-0.25, -0.2) is 0 Å². The number of aliphatic hydroxyl groups is 1. The third kappa shape index (κ3) is 9.66. The Hall–Kier alpha value is -3.18. The quantitative estimate of drug-likeness (QED) is 0.482. The molecule has 1 aromatic carbocycles. The van der Waals surface area contributed by atoms with E-state index in [0.29, 0.717) is 45.2 Å². The highest BCUT2D eigenvalue weighted by atomic mass is 16.7. The van der Waals surface area contributed by atoms with Crippen molar-refractivity contribution in [3.63, 3.8) is 0 Å². The maximum atomic E-state index is 12.8. The minimum absolute atomic E-state index is 0.117. The summed E-state index contributed by atoms with van der Waals surface area (Å²) in [6.45, 7) is 9.01. The van der Waals surface area contributed by atoms with E-state index in [1.807, 2.05) is 34.1 Å². The predicted molar refractivity (Wildman–Crippen MR) is 145 cm³/mol. The molecule has 1 aromatic rings. The molecule has 0 radical (unpaired) electrons. The number of carbonyl (C=O) groups is 2. The summed E-state index contributed by atoms with van der Waals surface area (Å²) in [6.07, 6.45) is 15.4. The van der Waals surface area contributed by atoms with Crippen LogP contribution in [0.4, 0.5) is 0 Å². The van der Waals surface area contributed by atoms with Gasteiger partial charge in [0.2, 0.25) is 18.6 Å². The summed E-state index contributed by atoms with van der Waals surface area (Å²) >= 11 is 0. The number of rotatable bonds is 10. The summed E-state index contributed by atoms with van der Waals surface area (Å²) in [7, 11) is 0. The Morgan fingerprint density at radius 1 is 1.16 bits per heavy atom. The molecule has 8 heteroatoms. The van der Waals surface area contributed by atoms with Crippen molar-refractivity contribution in [1.29, 1.82) is 0 Å². The van der Waals surface area contributed by atoms with Gasteiger partial charge in [-0.3, -0.25) is 9.59 Å². The zero-order valence-electron chi connectivity index (χ0n) is 22.4. The third-order valence-corrected chi connectivity index (χ3v) is 6.54. The molecule has 0 aromatic heterocycles. The van der Waals surface area contributed by atoms with Crippen molar-refractivity contribution in [1.82, 2.24) is 14.7 Å². The molecule has 0 aliphatic carbocycles. The topological polar surface area (TPSA) is 82.6 Å². The maximum absolute atomic E-state index is 12.8. The van der Waals surface area contributed by atoms with Gasteiger partial charge in [-0.15, -0.1) is 12.8 Å². The van der Waals surface area contributed by atoms with Crippen molar-refractivity contribution in [3.05, 3.63) is 36.0 Å². The fourth-order valence-corrected chi connectivity index (χ4v) is 4.62. The lowest BCUT2D eigenvalue weighted by molar-refractivity contribution is -0.132. The highest BCUT2D eigenvalue weighted by Gasteiger charge is 2.27. The lowest BCUT2D eigenvalue weighted by atomic mass is 10.1. The number of likely N-dealkylation sites (tertiary alicyclic amines) is 2. The molecule has 0 spiro atoms. The number of hydrogen-bond acceptors (Lipinski definition) is 6. The second kappa shape index (κ2) is 16.5. The molecule has 204 valence electrons. The Bertz CT molecular complexity index is 870. The Morgan fingerprint density at radius 3 is 2.43 bits per heavy atom. The molecular weight excluding hydrogens is 470 g/mol. The van der Waals surface area contributed by atoms with Crippen LogP contribution in [-0.4, -0.2) is 84.3 Å². The van der Waals surface area contributed by atoms with Crippen LogP contribution in [0.3, 0.4) is 0 Å². The highest BCUT2D eigenvalue weighted by Crippen LogP contribution is 2.30. The Kier molecular flexibility index (Phi) is 13.4. The fourth-order valence-electron chi connectivity index (χ4n) is 4.62. The van der Waals surface area contributed by atoms with Gasteiger partial charge in [0.1, 0.15) is 0 Å². The monoisotopic (exact) mass is 513 g/mol. The van der Waals surface area contributed by atoms with Crippen LogP contribution < -0.4 is 9.47 Å². The molecule has 2 amide bonds. The number of ether oxygens (including phenoxy) is 2. The van der Waals surface area contributed by atoms with E-state index in [2.05, 4.69) is 37.7 Å². The van der Waals surface area contributed by atoms with Crippen LogP contribution in [0, 0.1) is 18.8 Å². The van der Waals surface area contributed by atoms with E-state index in [4.69, 9.17) is 14.6 Å². The second-order valence-corrected chi connectivity index (χ2v) is 9.49. The maximum Gasteiger partial charge on any atom is 0.242 e. The summed E-state index contributed by atoms with van der Waals surface area (Å²) in [5.41, 5.74) is 1.20. The first-order valence-corrected chi connectivity index (χ1v) is 13.3. The van der Waals surface area contributed by atoms with Crippen molar-refractivity contribution in [2.24, 2.45) is 5.92 Å². The molecule has 4 rings (SSSR count). The van der Waals surface area contributed by atoms with Gasteiger partial charge in [-0.05, 0) is 49.8 Å². The predicted octanol–water partition coefficient (Wildman–Crippen LogP) is 3.51. The van der Waals surface area contributed by atoms with Gasteiger partial charge in [0.15, 0.2) is 11.5 Å². The number of unbranched alkanes of at least 4 members (excludes halogenated alkanes) is 1. The summed E-state index contributed by atoms with van der Waals surface area (Å²) in [4.78, 5) is 30.6. The van der Waals surface area contributed by atoms with Gasteiger partial charge in [0, 0.05) is 51.4 Å². The van der Waals surface area contributed by atoms with Gasteiger partial charge >= 0.3 is 0 Å². The number of amides is 2. The molecule has 3 heterocycles. The average molecular weight is 514 g/mol. The van der Waals surface area contributed by atoms with Crippen molar-refractivity contribution in [2.75, 3.05) is 52.7 Å². The number of terminal acetylenes is 1. The first kappa shape index (κ1) is 30.0. The zero-order valence-corrected chi connectivity index (χ0v) is 22.4. The number of fused-ring (bicyclic) bond motifs is 1. The van der Waals surface area contributed by atoms with E-state index in [0.717, 1.165) is 56.8 Å². The number of benzene rings is 1. The highest BCUT2D eigenvalue weighted by molar-refractivity contribution is 5.79. The van der Waals surface area contributed by atoms with Crippen LogP contribution in [0.15, 0.2) is 36.0 Å². The molecular formula is C29H43N3O5. The molecule has 3 aliphatic rings. The summed E-state index contributed by atoms with van der Waals surface area (Å²) in [5, 5.41) is 9.09. The fraction of sp³-hybridized carbons (Fsp3) is 0.586. The van der Waals surface area contributed by atoms with E-state index in [-0.39, 0.29) is 18.4 Å². The average Bonchev–Trinajstić information content (AvgIpc) is 3.64. The van der Waals surface area contributed by atoms with Crippen LogP contribution in [0.1, 0.15) is 52.4 Å². The van der Waals surface area contributed by atoms with Crippen molar-refractivity contribution in [3.8, 4) is 24.3 Å². The van der Waals surface area contributed by atoms with Gasteiger partial charge in [0.25, 0.3) is 0 Å². The first-order chi connectivity index (χ1) is 18.0. The molecule has 8 nitrogen and oxygen atoms in total. The number of nitrogens with zero attached hydrogens (tertiary/aromatic N) is 3. The molecule has 3 aliphatic heterocycles. The number of aliphatic hydroxyl groups excluding tert-OH is 1. The van der Waals surface area contributed by atoms with E-state index in [1.54, 1.807) is 0 Å². The summed E-state index contributed by atoms with van der Waals surface area (Å²) in [5.74, 6) is 2.61. The third-order valence-electron chi connectivity index (χ3n) is 6.54. The van der Waals surface area contributed by atoms with Crippen molar-refractivity contribution < 1.29 is 24.2 Å². The molecule has 0 bridgehead atoms. The first-order valence-electron chi connectivity index (χ1n) is 13.3. The van der Waals surface area contributed by atoms with E-state index in [1.165, 1.54) is 5.70 Å². The molecule has 1 N–H and O–H groups in total. The minimum Gasteiger partial charge on any atom is -0.454 e. The largest absolute Gasteiger partial charge is 0.454 e. The SMILES string of the molecule is C#C.CCCCN(CCCO)C(=O)CN1CC(C)C/C1=C\CN1CCCC1=O.c1ccc2c(c1)OCO2.